The van der Waals surface area contributed by atoms with Crippen molar-refractivity contribution in [2.24, 2.45) is 0 Å². The predicted octanol–water partition coefficient (Wildman–Crippen LogP) is 4.31. The first-order valence-corrected chi connectivity index (χ1v) is 9.54. The average molecular weight is 357 g/mol. The van der Waals surface area contributed by atoms with Gasteiger partial charge in [0.15, 0.2) is 0 Å². The Morgan fingerprint density at radius 2 is 2.24 bits per heavy atom. The molecule has 2 heterocycles. The maximum absolute atomic E-state index is 12.9. The van der Waals surface area contributed by atoms with Gasteiger partial charge in [-0.2, -0.15) is 0 Å². The molecule has 1 aromatic rings. The van der Waals surface area contributed by atoms with Gasteiger partial charge in [0.05, 0.1) is 18.3 Å². The van der Waals surface area contributed by atoms with E-state index in [1.165, 1.54) is 25.5 Å². The van der Waals surface area contributed by atoms with Crippen molar-refractivity contribution in [2.45, 2.75) is 39.0 Å². The summed E-state index contributed by atoms with van der Waals surface area (Å²) in [6.45, 7) is 2.44. The fraction of sp³-hybridized carbons (Fsp3) is 0.400. The lowest BCUT2D eigenvalue weighted by Gasteiger charge is -2.20. The molecular formula is C20H23NO3S. The van der Waals surface area contributed by atoms with Crippen molar-refractivity contribution in [3.8, 4) is 0 Å². The van der Waals surface area contributed by atoms with Crippen LogP contribution in [0.5, 0.6) is 0 Å². The number of methoxy groups -OCH3 is 1. The van der Waals surface area contributed by atoms with E-state index in [0.717, 1.165) is 24.1 Å². The lowest BCUT2D eigenvalue weighted by Crippen LogP contribution is -2.26. The van der Waals surface area contributed by atoms with Crippen LogP contribution < -0.4 is 0 Å². The highest BCUT2D eigenvalue weighted by atomic mass is 32.1. The van der Waals surface area contributed by atoms with Crippen molar-refractivity contribution in [3.05, 3.63) is 50.9 Å². The summed E-state index contributed by atoms with van der Waals surface area (Å²) in [4.78, 5) is 27.9. The van der Waals surface area contributed by atoms with Crippen LogP contribution in [0, 0.1) is 0 Å². The lowest BCUT2D eigenvalue weighted by molar-refractivity contribution is -0.136. The van der Waals surface area contributed by atoms with Crippen LogP contribution in [0.25, 0.3) is 6.08 Å². The van der Waals surface area contributed by atoms with E-state index in [1.807, 2.05) is 24.4 Å². The van der Waals surface area contributed by atoms with Crippen molar-refractivity contribution in [1.82, 2.24) is 4.90 Å². The van der Waals surface area contributed by atoms with Gasteiger partial charge in [-0.3, -0.25) is 4.79 Å². The smallest absolute Gasteiger partial charge is 0.340 e. The predicted molar refractivity (Wildman–Crippen MR) is 99.9 cm³/mol. The molecule has 0 saturated heterocycles. The van der Waals surface area contributed by atoms with E-state index >= 15 is 0 Å². The number of thiophene rings is 1. The number of hydrogen-bond acceptors (Lipinski definition) is 4. The van der Waals surface area contributed by atoms with E-state index in [0.29, 0.717) is 23.4 Å². The Labute approximate surface area is 152 Å². The first kappa shape index (κ1) is 17.7. The molecule has 0 bridgehead atoms. The highest BCUT2D eigenvalue weighted by Crippen LogP contribution is 2.33. The monoisotopic (exact) mass is 357 g/mol. The molecule has 25 heavy (non-hydrogen) atoms. The minimum atomic E-state index is -0.451. The van der Waals surface area contributed by atoms with E-state index in [2.05, 4.69) is 6.08 Å². The summed E-state index contributed by atoms with van der Waals surface area (Å²) in [5.41, 5.74) is 2.93. The van der Waals surface area contributed by atoms with Gasteiger partial charge in [0, 0.05) is 17.1 Å². The van der Waals surface area contributed by atoms with Gasteiger partial charge in [-0.25, -0.2) is 4.79 Å². The van der Waals surface area contributed by atoms with Gasteiger partial charge < -0.3 is 9.64 Å². The second-order valence-electron chi connectivity index (χ2n) is 6.34. The Morgan fingerprint density at radius 1 is 1.40 bits per heavy atom. The second kappa shape index (κ2) is 7.83. The van der Waals surface area contributed by atoms with E-state index in [-0.39, 0.29) is 5.91 Å². The largest absolute Gasteiger partial charge is 0.465 e. The summed E-state index contributed by atoms with van der Waals surface area (Å²) in [6, 6.07) is 3.86. The normalized spacial score (nSPS) is 19.6. The number of esters is 1. The Bertz CT molecular complexity index is 756. The Balaban J connectivity index is 1.86. The molecule has 0 aromatic carbocycles. The summed E-state index contributed by atoms with van der Waals surface area (Å²) in [5.74, 6) is -0.559. The summed E-state index contributed by atoms with van der Waals surface area (Å²) in [5, 5.41) is 1.95. The maximum Gasteiger partial charge on any atom is 0.340 e. The third kappa shape index (κ3) is 3.76. The molecule has 1 aliphatic heterocycles. The van der Waals surface area contributed by atoms with Gasteiger partial charge in [0.25, 0.3) is 5.91 Å². The summed E-state index contributed by atoms with van der Waals surface area (Å²) < 4.78 is 4.92. The molecule has 0 spiro atoms. The van der Waals surface area contributed by atoms with Crippen LogP contribution in [0.15, 0.2) is 46.0 Å². The molecule has 1 aromatic heterocycles. The first-order valence-electron chi connectivity index (χ1n) is 8.66. The first-order chi connectivity index (χ1) is 12.1. The molecule has 0 atom stereocenters. The van der Waals surface area contributed by atoms with Crippen LogP contribution >= 0.6 is 11.3 Å². The number of carbonyl (C=O) groups is 2. The molecule has 0 unspecified atom stereocenters. The Kier molecular flexibility index (Phi) is 5.53. The maximum atomic E-state index is 12.9. The molecule has 0 fully saturated rings. The van der Waals surface area contributed by atoms with Gasteiger partial charge in [-0.1, -0.05) is 17.7 Å². The third-order valence-electron chi connectivity index (χ3n) is 4.77. The third-order valence-corrected chi connectivity index (χ3v) is 5.59. The van der Waals surface area contributed by atoms with Crippen LogP contribution in [0.3, 0.4) is 0 Å². The fourth-order valence-corrected chi connectivity index (χ4v) is 4.06. The molecule has 1 aliphatic carbocycles. The van der Waals surface area contributed by atoms with E-state index in [1.54, 1.807) is 22.3 Å². The number of rotatable bonds is 5. The molecule has 1 amide bonds. The molecule has 0 N–H and O–H groups in total. The summed E-state index contributed by atoms with van der Waals surface area (Å²) >= 11 is 1.54. The number of carbonyl (C=O) groups excluding carboxylic acids is 2. The summed E-state index contributed by atoms with van der Waals surface area (Å²) in [7, 11) is 1.35. The number of allylic oxidation sites excluding steroid dienone is 2. The Hall–Kier alpha value is -2.14. The van der Waals surface area contributed by atoms with Crippen molar-refractivity contribution < 1.29 is 14.3 Å². The lowest BCUT2D eigenvalue weighted by atomic mass is 9.97. The minimum Gasteiger partial charge on any atom is -0.465 e. The number of amides is 1. The van der Waals surface area contributed by atoms with E-state index < -0.39 is 5.97 Å². The van der Waals surface area contributed by atoms with Gasteiger partial charge in [-0.05, 0) is 56.6 Å². The highest BCUT2D eigenvalue weighted by molar-refractivity contribution is 7.10. The number of hydrogen-bond donors (Lipinski definition) is 0. The molecule has 2 aliphatic rings. The molecule has 132 valence electrons. The molecular weight excluding hydrogens is 334 g/mol. The molecule has 4 nitrogen and oxygen atoms in total. The quantitative estimate of drug-likeness (QED) is 0.448. The number of nitrogens with zero attached hydrogens (tertiary/aromatic N) is 1. The zero-order valence-electron chi connectivity index (χ0n) is 14.7. The van der Waals surface area contributed by atoms with Crippen molar-refractivity contribution in [2.75, 3.05) is 13.7 Å². The molecule has 0 radical (unpaired) electrons. The van der Waals surface area contributed by atoms with Crippen molar-refractivity contribution >= 4 is 29.3 Å². The zero-order chi connectivity index (χ0) is 17.8. The van der Waals surface area contributed by atoms with Crippen LogP contribution in [0.1, 0.15) is 43.9 Å². The molecule has 5 heteroatoms. The van der Waals surface area contributed by atoms with Crippen molar-refractivity contribution in [1.29, 1.82) is 0 Å². The van der Waals surface area contributed by atoms with E-state index in [4.69, 9.17) is 4.74 Å². The Morgan fingerprint density at radius 3 is 2.88 bits per heavy atom. The van der Waals surface area contributed by atoms with Crippen LogP contribution in [-0.2, 0) is 14.3 Å². The van der Waals surface area contributed by atoms with Crippen molar-refractivity contribution in [3.63, 3.8) is 0 Å². The summed E-state index contributed by atoms with van der Waals surface area (Å²) in [6.07, 6.45) is 9.69. The molecule has 0 saturated carbocycles. The van der Waals surface area contributed by atoms with Gasteiger partial charge in [0.1, 0.15) is 0 Å². The number of ether oxygens (including phenoxy) is 1. The zero-order valence-corrected chi connectivity index (χ0v) is 15.5. The van der Waals surface area contributed by atoms with Gasteiger partial charge in [0.2, 0.25) is 0 Å². The molecule has 3 rings (SSSR count). The minimum absolute atomic E-state index is 0.109. The highest BCUT2D eigenvalue weighted by Gasteiger charge is 2.36. The van der Waals surface area contributed by atoms with Gasteiger partial charge >= 0.3 is 5.97 Å². The fourth-order valence-electron chi connectivity index (χ4n) is 3.40. The average Bonchev–Trinajstić information content (AvgIpc) is 3.22. The van der Waals surface area contributed by atoms with Crippen LogP contribution in [0.4, 0.5) is 0 Å². The standard InChI is InChI=1S/C20H23NO3S/c1-14-18(20(23)24-2)17(13-16-9-6-12-25-16)19(22)21(14)11-10-15-7-4-3-5-8-15/h6-7,9,12-13H,3-5,8,10-11H2,1-2H3/b17-13-. The van der Waals surface area contributed by atoms with Gasteiger partial charge in [-0.15, -0.1) is 11.3 Å². The second-order valence-corrected chi connectivity index (χ2v) is 7.32. The van der Waals surface area contributed by atoms with Crippen LogP contribution in [0.2, 0.25) is 0 Å². The van der Waals surface area contributed by atoms with E-state index in [9.17, 15) is 9.59 Å². The topological polar surface area (TPSA) is 46.6 Å². The van der Waals surface area contributed by atoms with Crippen LogP contribution in [-0.4, -0.2) is 30.4 Å². The SMILES string of the molecule is COC(=O)C1=C(C)N(CCC2=CCCCC2)C(=O)/C1=C\c1cccs1.